The molecule has 1 saturated heterocycles. The van der Waals surface area contributed by atoms with E-state index in [0.717, 1.165) is 30.0 Å². The lowest BCUT2D eigenvalue weighted by molar-refractivity contribution is 0.122. The number of halogens is 2. The molecule has 4 rings (SSSR count). The topological polar surface area (TPSA) is 15.7 Å². The molecular formula is C24H24F2N2O. The van der Waals surface area contributed by atoms with Crippen LogP contribution in [-0.4, -0.2) is 30.0 Å². The summed E-state index contributed by atoms with van der Waals surface area (Å²) in [7, 11) is 1.65. The third-order valence-corrected chi connectivity index (χ3v) is 5.37. The summed E-state index contributed by atoms with van der Waals surface area (Å²) in [5.74, 6) is 0.354. The fraction of sp³-hybridized carbons (Fsp3) is 0.250. The molecule has 0 spiro atoms. The van der Waals surface area contributed by atoms with E-state index < -0.39 is 0 Å². The van der Waals surface area contributed by atoms with Crippen molar-refractivity contribution in [2.24, 2.45) is 0 Å². The van der Waals surface area contributed by atoms with Gasteiger partial charge in [-0.2, -0.15) is 0 Å². The molecule has 0 unspecified atom stereocenters. The van der Waals surface area contributed by atoms with E-state index in [2.05, 4.69) is 15.9 Å². The predicted octanol–water partition coefficient (Wildman–Crippen LogP) is 4.99. The largest absolute Gasteiger partial charge is 0.497 e. The second-order valence-corrected chi connectivity index (χ2v) is 7.31. The van der Waals surface area contributed by atoms with E-state index in [-0.39, 0.29) is 17.8 Å². The smallest absolute Gasteiger partial charge is 0.129 e. The van der Waals surface area contributed by atoms with E-state index in [9.17, 15) is 8.78 Å². The second-order valence-electron chi connectivity index (χ2n) is 7.31. The van der Waals surface area contributed by atoms with Crippen LogP contribution < -0.4 is 4.74 Å². The normalized spacial score (nSPS) is 17.6. The van der Waals surface area contributed by atoms with Gasteiger partial charge in [0, 0.05) is 31.7 Å². The molecule has 3 nitrogen and oxygen atoms in total. The lowest BCUT2D eigenvalue weighted by Crippen LogP contribution is -2.31. The SMILES string of the molecule is COc1cccc(CN2CCN(Cc3ccc(F)cc3)[C@H]2c2ccccc2F)c1. The molecular weight excluding hydrogens is 370 g/mol. The van der Waals surface area contributed by atoms with Crippen LogP contribution in [0.5, 0.6) is 5.75 Å². The minimum Gasteiger partial charge on any atom is -0.497 e. The minimum atomic E-state index is -0.250. The standard InChI is InChI=1S/C24H24F2N2O/c1-29-21-6-4-5-19(15-21)17-28-14-13-27(16-18-9-11-20(25)12-10-18)24(28)22-7-2-3-8-23(22)26/h2-12,15,24H,13-14,16-17H2,1H3/t24-/m1/s1. The summed E-state index contributed by atoms with van der Waals surface area (Å²) < 4.78 is 33.3. The molecule has 0 aromatic heterocycles. The van der Waals surface area contributed by atoms with Gasteiger partial charge in [0.15, 0.2) is 0 Å². The Kier molecular flexibility index (Phi) is 5.88. The highest BCUT2D eigenvalue weighted by molar-refractivity contribution is 5.29. The van der Waals surface area contributed by atoms with Gasteiger partial charge in [0.25, 0.3) is 0 Å². The van der Waals surface area contributed by atoms with Gasteiger partial charge < -0.3 is 4.74 Å². The molecule has 150 valence electrons. The zero-order valence-corrected chi connectivity index (χ0v) is 16.4. The van der Waals surface area contributed by atoms with Gasteiger partial charge in [-0.05, 0) is 41.5 Å². The summed E-state index contributed by atoms with van der Waals surface area (Å²) in [6, 6.07) is 21.4. The molecule has 3 aromatic rings. The van der Waals surface area contributed by atoms with Crippen LogP contribution in [0.1, 0.15) is 22.9 Å². The summed E-state index contributed by atoms with van der Waals surface area (Å²) in [5, 5.41) is 0. The van der Waals surface area contributed by atoms with E-state index in [4.69, 9.17) is 4.74 Å². The first-order valence-electron chi connectivity index (χ1n) is 9.74. The lowest BCUT2D eigenvalue weighted by Gasteiger charge is -2.31. The van der Waals surface area contributed by atoms with Gasteiger partial charge in [-0.25, -0.2) is 8.78 Å². The first kappa shape index (κ1) is 19.6. The van der Waals surface area contributed by atoms with Crippen molar-refractivity contribution in [3.63, 3.8) is 0 Å². The second kappa shape index (κ2) is 8.72. The Labute approximate surface area is 170 Å². The van der Waals surface area contributed by atoms with Crippen molar-refractivity contribution in [2.75, 3.05) is 20.2 Å². The molecule has 3 aromatic carbocycles. The predicted molar refractivity (Wildman–Crippen MR) is 109 cm³/mol. The highest BCUT2D eigenvalue weighted by Gasteiger charge is 2.34. The quantitative estimate of drug-likeness (QED) is 0.586. The lowest BCUT2D eigenvalue weighted by atomic mass is 10.1. The molecule has 0 saturated carbocycles. The molecule has 1 aliphatic heterocycles. The van der Waals surface area contributed by atoms with Crippen LogP contribution in [0.4, 0.5) is 8.78 Å². The summed E-state index contributed by atoms with van der Waals surface area (Å²) in [6.07, 6.45) is -0.188. The van der Waals surface area contributed by atoms with Crippen molar-refractivity contribution in [3.8, 4) is 5.75 Å². The van der Waals surface area contributed by atoms with Crippen LogP contribution in [0.3, 0.4) is 0 Å². The van der Waals surface area contributed by atoms with Gasteiger partial charge >= 0.3 is 0 Å². The van der Waals surface area contributed by atoms with E-state index in [1.165, 1.54) is 18.2 Å². The molecule has 1 atom stereocenters. The monoisotopic (exact) mass is 394 g/mol. The van der Waals surface area contributed by atoms with Crippen LogP contribution in [0.25, 0.3) is 0 Å². The van der Waals surface area contributed by atoms with Gasteiger partial charge in [-0.1, -0.05) is 42.5 Å². The highest BCUT2D eigenvalue weighted by atomic mass is 19.1. The Morgan fingerprint density at radius 2 is 1.52 bits per heavy atom. The molecule has 0 aliphatic carbocycles. The van der Waals surface area contributed by atoms with Crippen LogP contribution in [0.15, 0.2) is 72.8 Å². The maximum Gasteiger partial charge on any atom is 0.129 e. The van der Waals surface area contributed by atoms with E-state index in [0.29, 0.717) is 18.7 Å². The Bertz CT molecular complexity index is 961. The van der Waals surface area contributed by atoms with Crippen molar-refractivity contribution in [3.05, 3.63) is 101 Å². The molecule has 1 heterocycles. The summed E-state index contributed by atoms with van der Waals surface area (Å²) >= 11 is 0. The maximum absolute atomic E-state index is 14.7. The van der Waals surface area contributed by atoms with Crippen LogP contribution in [0, 0.1) is 11.6 Å². The Balaban J connectivity index is 1.62. The van der Waals surface area contributed by atoms with Gasteiger partial charge in [0.1, 0.15) is 17.4 Å². The number of ether oxygens (including phenoxy) is 1. The van der Waals surface area contributed by atoms with E-state index >= 15 is 0 Å². The van der Waals surface area contributed by atoms with E-state index in [1.54, 1.807) is 25.3 Å². The highest BCUT2D eigenvalue weighted by Crippen LogP contribution is 2.34. The van der Waals surface area contributed by atoms with Crippen LogP contribution >= 0.6 is 0 Å². The zero-order valence-electron chi connectivity index (χ0n) is 16.4. The molecule has 0 amide bonds. The number of hydrogen-bond donors (Lipinski definition) is 0. The first-order valence-corrected chi connectivity index (χ1v) is 9.74. The Morgan fingerprint density at radius 1 is 0.828 bits per heavy atom. The summed E-state index contributed by atoms with van der Waals surface area (Å²) in [5.41, 5.74) is 2.79. The maximum atomic E-state index is 14.7. The fourth-order valence-corrected chi connectivity index (χ4v) is 3.97. The number of rotatable bonds is 6. The van der Waals surface area contributed by atoms with Crippen molar-refractivity contribution >= 4 is 0 Å². The number of hydrogen-bond acceptors (Lipinski definition) is 3. The van der Waals surface area contributed by atoms with Crippen LogP contribution in [0.2, 0.25) is 0 Å². The minimum absolute atomic E-state index is 0.188. The third-order valence-electron chi connectivity index (χ3n) is 5.37. The average Bonchev–Trinajstić information content (AvgIpc) is 3.12. The summed E-state index contributed by atoms with van der Waals surface area (Å²) in [6.45, 7) is 2.95. The molecule has 1 fully saturated rings. The van der Waals surface area contributed by atoms with Crippen molar-refractivity contribution in [1.82, 2.24) is 9.80 Å². The van der Waals surface area contributed by atoms with Gasteiger partial charge in [0.05, 0.1) is 13.3 Å². The number of nitrogens with zero attached hydrogens (tertiary/aromatic N) is 2. The van der Waals surface area contributed by atoms with Crippen molar-refractivity contribution < 1.29 is 13.5 Å². The average molecular weight is 394 g/mol. The summed E-state index contributed by atoms with van der Waals surface area (Å²) in [4.78, 5) is 4.52. The Hall–Kier alpha value is -2.76. The van der Waals surface area contributed by atoms with Crippen LogP contribution in [-0.2, 0) is 13.1 Å². The number of methoxy groups -OCH3 is 1. The molecule has 0 bridgehead atoms. The molecule has 1 aliphatic rings. The molecule has 29 heavy (non-hydrogen) atoms. The van der Waals surface area contributed by atoms with E-state index in [1.807, 2.05) is 30.3 Å². The van der Waals surface area contributed by atoms with Gasteiger partial charge in [0.2, 0.25) is 0 Å². The van der Waals surface area contributed by atoms with Crippen molar-refractivity contribution in [2.45, 2.75) is 19.3 Å². The third kappa shape index (κ3) is 4.47. The molecule has 0 N–H and O–H groups in total. The van der Waals surface area contributed by atoms with Gasteiger partial charge in [-0.15, -0.1) is 0 Å². The number of benzene rings is 3. The molecule has 0 radical (unpaired) electrons. The first-order chi connectivity index (χ1) is 14.1. The zero-order chi connectivity index (χ0) is 20.2. The fourth-order valence-electron chi connectivity index (χ4n) is 3.97. The van der Waals surface area contributed by atoms with Crippen molar-refractivity contribution in [1.29, 1.82) is 0 Å². The molecule has 5 heteroatoms. The van der Waals surface area contributed by atoms with Gasteiger partial charge in [-0.3, -0.25) is 9.80 Å². The Morgan fingerprint density at radius 3 is 2.21 bits per heavy atom.